The quantitative estimate of drug-likeness (QED) is 0.924. The van der Waals surface area contributed by atoms with Gasteiger partial charge in [0.1, 0.15) is 0 Å². The van der Waals surface area contributed by atoms with Gasteiger partial charge in [0.25, 0.3) is 0 Å². The van der Waals surface area contributed by atoms with Crippen molar-refractivity contribution in [3.8, 4) is 0 Å². The van der Waals surface area contributed by atoms with E-state index in [1.54, 1.807) is 0 Å². The Labute approximate surface area is 105 Å². The molecule has 0 saturated heterocycles. The predicted molar refractivity (Wildman–Crippen MR) is 67.3 cm³/mol. The second-order valence-electron chi connectivity index (χ2n) is 4.89. The van der Waals surface area contributed by atoms with E-state index in [1.165, 1.54) is 49.9 Å². The van der Waals surface area contributed by atoms with Gasteiger partial charge in [-0.25, -0.2) is 4.98 Å². The van der Waals surface area contributed by atoms with Gasteiger partial charge in [-0.15, -0.1) is 0 Å². The topological polar surface area (TPSA) is 29.9 Å². The molecular weight excluding hydrogens is 266 g/mol. The number of halogens is 1. The molecule has 1 aliphatic heterocycles. The minimum atomic E-state index is 0.750. The normalized spacial score (nSPS) is 20.6. The van der Waals surface area contributed by atoms with E-state index >= 15 is 0 Å². The van der Waals surface area contributed by atoms with E-state index in [-0.39, 0.29) is 0 Å². The molecule has 0 spiro atoms. The Hall–Kier alpha value is -0.350. The molecule has 88 valence electrons. The summed E-state index contributed by atoms with van der Waals surface area (Å²) < 4.78 is 3.36. The Kier molecular flexibility index (Phi) is 3.03. The summed E-state index contributed by atoms with van der Waals surface area (Å²) in [6.07, 6.45) is 7.88. The van der Waals surface area contributed by atoms with Crippen LogP contribution in [0.25, 0.3) is 0 Å². The zero-order chi connectivity index (χ0) is 11.0. The summed E-state index contributed by atoms with van der Waals surface area (Å²) in [5, 5.41) is 3.60. The Morgan fingerprint density at radius 2 is 2.19 bits per heavy atom. The van der Waals surface area contributed by atoms with Gasteiger partial charge in [-0.3, -0.25) is 0 Å². The molecule has 0 amide bonds. The van der Waals surface area contributed by atoms with E-state index in [9.17, 15) is 0 Å². The number of imidazole rings is 1. The molecule has 0 aromatic carbocycles. The van der Waals surface area contributed by atoms with E-state index in [1.807, 2.05) is 0 Å². The zero-order valence-corrected chi connectivity index (χ0v) is 11.1. The van der Waals surface area contributed by atoms with Crippen LogP contribution in [0, 0.1) is 0 Å². The Morgan fingerprint density at radius 3 is 2.94 bits per heavy atom. The van der Waals surface area contributed by atoms with Crippen molar-refractivity contribution in [1.82, 2.24) is 14.9 Å². The van der Waals surface area contributed by atoms with Gasteiger partial charge in [-0.05, 0) is 48.0 Å². The third kappa shape index (κ3) is 1.93. The lowest BCUT2D eigenvalue weighted by molar-refractivity contribution is 0.336. The van der Waals surface area contributed by atoms with Crippen LogP contribution < -0.4 is 5.32 Å². The number of rotatable bonds is 3. The van der Waals surface area contributed by atoms with Crippen LogP contribution in [0.15, 0.2) is 4.73 Å². The van der Waals surface area contributed by atoms with Crippen molar-refractivity contribution < 1.29 is 0 Å². The van der Waals surface area contributed by atoms with Crippen LogP contribution in [0.5, 0.6) is 0 Å². The average molecular weight is 284 g/mol. The second-order valence-corrected chi connectivity index (χ2v) is 5.60. The summed E-state index contributed by atoms with van der Waals surface area (Å²) in [5.74, 6) is 0. The molecule has 0 atom stereocenters. The van der Waals surface area contributed by atoms with Crippen molar-refractivity contribution in [2.75, 3.05) is 0 Å². The summed E-state index contributed by atoms with van der Waals surface area (Å²) in [7, 11) is 0. The van der Waals surface area contributed by atoms with Crippen LogP contribution in [-0.4, -0.2) is 15.6 Å². The highest BCUT2D eigenvalue weighted by Gasteiger charge is 2.21. The standard InChI is InChI=1S/C12H18BrN3/c13-12-15-10(8-14-9-4-3-5-9)11-6-1-2-7-16(11)12/h9,14H,1-8H2. The van der Waals surface area contributed by atoms with Crippen LogP contribution in [-0.2, 0) is 19.5 Å². The number of hydrogen-bond donors (Lipinski definition) is 1. The maximum atomic E-state index is 4.64. The summed E-state index contributed by atoms with van der Waals surface area (Å²) in [4.78, 5) is 4.64. The van der Waals surface area contributed by atoms with E-state index in [0.29, 0.717) is 0 Å². The first-order chi connectivity index (χ1) is 7.84. The summed E-state index contributed by atoms with van der Waals surface area (Å²) in [6.45, 7) is 2.08. The molecule has 3 rings (SSSR count). The van der Waals surface area contributed by atoms with Gasteiger partial charge >= 0.3 is 0 Å². The molecule has 1 aromatic heterocycles. The molecule has 0 radical (unpaired) electrons. The smallest absolute Gasteiger partial charge is 0.177 e. The Balaban J connectivity index is 1.73. The minimum Gasteiger partial charge on any atom is -0.322 e. The van der Waals surface area contributed by atoms with E-state index < -0.39 is 0 Å². The van der Waals surface area contributed by atoms with E-state index in [2.05, 4.69) is 30.8 Å². The molecule has 4 heteroatoms. The number of nitrogens with one attached hydrogen (secondary N) is 1. The first-order valence-electron chi connectivity index (χ1n) is 6.32. The van der Waals surface area contributed by atoms with Crippen LogP contribution in [0.2, 0.25) is 0 Å². The zero-order valence-electron chi connectivity index (χ0n) is 9.51. The van der Waals surface area contributed by atoms with Crippen molar-refractivity contribution in [3.05, 3.63) is 16.1 Å². The third-order valence-electron chi connectivity index (χ3n) is 3.82. The van der Waals surface area contributed by atoms with Crippen molar-refractivity contribution in [1.29, 1.82) is 0 Å². The molecule has 1 N–H and O–H groups in total. The molecule has 1 saturated carbocycles. The fraction of sp³-hybridized carbons (Fsp3) is 0.750. The van der Waals surface area contributed by atoms with Crippen LogP contribution >= 0.6 is 15.9 Å². The lowest BCUT2D eigenvalue weighted by Crippen LogP contribution is -2.34. The largest absolute Gasteiger partial charge is 0.322 e. The summed E-state index contributed by atoms with van der Waals surface area (Å²) in [6, 6.07) is 0.750. The Morgan fingerprint density at radius 1 is 1.31 bits per heavy atom. The van der Waals surface area contributed by atoms with Crippen molar-refractivity contribution >= 4 is 15.9 Å². The highest BCUT2D eigenvalue weighted by atomic mass is 79.9. The predicted octanol–water partition coefficient (Wildman–Crippen LogP) is 2.62. The van der Waals surface area contributed by atoms with Gasteiger partial charge in [0.15, 0.2) is 4.73 Å². The molecule has 1 aromatic rings. The van der Waals surface area contributed by atoms with Gasteiger partial charge in [-0.2, -0.15) is 0 Å². The monoisotopic (exact) mass is 283 g/mol. The molecule has 1 fully saturated rings. The SMILES string of the molecule is Brc1nc(CNC2CCC2)c2n1CCCC2. The second kappa shape index (κ2) is 4.49. The number of nitrogens with zero attached hydrogens (tertiary/aromatic N) is 2. The van der Waals surface area contributed by atoms with Crippen molar-refractivity contribution in [3.63, 3.8) is 0 Å². The summed E-state index contributed by atoms with van der Waals surface area (Å²) in [5.41, 5.74) is 2.71. The molecule has 16 heavy (non-hydrogen) atoms. The molecule has 3 nitrogen and oxygen atoms in total. The minimum absolute atomic E-state index is 0.750. The molecule has 2 heterocycles. The van der Waals surface area contributed by atoms with E-state index in [4.69, 9.17) is 0 Å². The summed E-state index contributed by atoms with van der Waals surface area (Å²) >= 11 is 3.57. The van der Waals surface area contributed by atoms with Gasteiger partial charge in [0.2, 0.25) is 0 Å². The fourth-order valence-corrected chi connectivity index (χ4v) is 3.17. The van der Waals surface area contributed by atoms with Gasteiger partial charge < -0.3 is 9.88 Å². The maximum Gasteiger partial charge on any atom is 0.177 e. The number of hydrogen-bond acceptors (Lipinski definition) is 2. The first-order valence-corrected chi connectivity index (χ1v) is 7.11. The fourth-order valence-electron chi connectivity index (χ4n) is 2.57. The van der Waals surface area contributed by atoms with Gasteiger partial charge in [0, 0.05) is 24.8 Å². The Bertz CT molecular complexity index is 382. The molecule has 1 aliphatic carbocycles. The first kappa shape index (κ1) is 10.8. The molecule has 2 aliphatic rings. The lowest BCUT2D eigenvalue weighted by Gasteiger charge is -2.26. The van der Waals surface area contributed by atoms with E-state index in [0.717, 1.165) is 23.9 Å². The van der Waals surface area contributed by atoms with Crippen molar-refractivity contribution in [2.24, 2.45) is 0 Å². The van der Waals surface area contributed by atoms with Crippen molar-refractivity contribution in [2.45, 2.75) is 57.7 Å². The van der Waals surface area contributed by atoms with Crippen LogP contribution in [0.3, 0.4) is 0 Å². The van der Waals surface area contributed by atoms with Gasteiger partial charge in [-0.1, -0.05) is 6.42 Å². The molecule has 0 bridgehead atoms. The number of fused-ring (bicyclic) bond motifs is 1. The van der Waals surface area contributed by atoms with Gasteiger partial charge in [0.05, 0.1) is 5.69 Å². The maximum absolute atomic E-state index is 4.64. The average Bonchev–Trinajstić information content (AvgIpc) is 2.55. The highest BCUT2D eigenvalue weighted by molar-refractivity contribution is 9.10. The highest BCUT2D eigenvalue weighted by Crippen LogP contribution is 2.25. The molecule has 0 unspecified atom stereocenters. The lowest BCUT2D eigenvalue weighted by atomic mass is 9.93. The third-order valence-corrected chi connectivity index (χ3v) is 4.42. The van der Waals surface area contributed by atoms with Crippen LogP contribution in [0.4, 0.5) is 0 Å². The van der Waals surface area contributed by atoms with Crippen LogP contribution in [0.1, 0.15) is 43.5 Å². The number of aromatic nitrogens is 2. The molecular formula is C12H18BrN3.